The van der Waals surface area contributed by atoms with Gasteiger partial charge in [-0.2, -0.15) is 11.8 Å². The Morgan fingerprint density at radius 3 is 2.68 bits per heavy atom. The van der Waals surface area contributed by atoms with Crippen molar-refractivity contribution in [3.8, 4) is 0 Å². The van der Waals surface area contributed by atoms with Crippen LogP contribution in [-0.4, -0.2) is 36.7 Å². The van der Waals surface area contributed by atoms with Crippen molar-refractivity contribution in [1.82, 2.24) is 15.8 Å². The molecular weight excluding hydrogens is 411 g/mol. The van der Waals surface area contributed by atoms with Crippen molar-refractivity contribution < 1.29 is 4.52 Å². The van der Waals surface area contributed by atoms with Crippen LogP contribution in [0, 0.1) is 0 Å². The number of hydrogen-bond acceptors (Lipinski definition) is 4. The minimum atomic E-state index is 0. The van der Waals surface area contributed by atoms with Gasteiger partial charge in [-0.15, -0.1) is 24.0 Å². The number of thioether (sulfide) groups is 1. The van der Waals surface area contributed by atoms with E-state index in [1.807, 2.05) is 17.8 Å². The summed E-state index contributed by atoms with van der Waals surface area (Å²) in [5, 5.41) is 10.7. The highest BCUT2D eigenvalue weighted by Gasteiger charge is 2.12. The van der Waals surface area contributed by atoms with Crippen LogP contribution in [0.3, 0.4) is 0 Å². The minimum absolute atomic E-state index is 0. The highest BCUT2D eigenvalue weighted by molar-refractivity contribution is 14.0. The van der Waals surface area contributed by atoms with Crippen molar-refractivity contribution in [2.75, 3.05) is 25.6 Å². The van der Waals surface area contributed by atoms with Crippen molar-refractivity contribution in [2.45, 2.75) is 45.6 Å². The summed E-state index contributed by atoms with van der Waals surface area (Å²) in [4.78, 5) is 4.20. The van der Waals surface area contributed by atoms with Crippen LogP contribution in [0.1, 0.15) is 50.5 Å². The first kappa shape index (κ1) is 21.6. The van der Waals surface area contributed by atoms with Gasteiger partial charge in [0.15, 0.2) is 11.7 Å². The van der Waals surface area contributed by atoms with Crippen molar-refractivity contribution >= 4 is 41.7 Å². The van der Waals surface area contributed by atoms with E-state index in [0.29, 0.717) is 12.5 Å². The monoisotopic (exact) mass is 440 g/mol. The molecule has 0 atom stereocenters. The molecule has 128 valence electrons. The summed E-state index contributed by atoms with van der Waals surface area (Å²) in [6.07, 6.45) is 5.43. The van der Waals surface area contributed by atoms with Gasteiger partial charge in [0.2, 0.25) is 0 Å². The van der Waals surface area contributed by atoms with E-state index in [4.69, 9.17) is 4.52 Å². The van der Waals surface area contributed by atoms with Crippen LogP contribution in [-0.2, 0) is 6.54 Å². The summed E-state index contributed by atoms with van der Waals surface area (Å²) in [5.74, 6) is 3.30. The summed E-state index contributed by atoms with van der Waals surface area (Å²) in [7, 11) is 1.78. The second-order valence-corrected chi connectivity index (χ2v) is 5.92. The van der Waals surface area contributed by atoms with E-state index in [9.17, 15) is 0 Å². The summed E-state index contributed by atoms with van der Waals surface area (Å²) in [6, 6.07) is 2.05. The number of guanidine groups is 1. The number of hydrogen-bond donors (Lipinski definition) is 2. The molecule has 2 N–H and O–H groups in total. The Balaban J connectivity index is 0.00000441. The van der Waals surface area contributed by atoms with Gasteiger partial charge in [-0.05, 0) is 31.3 Å². The van der Waals surface area contributed by atoms with E-state index >= 15 is 0 Å². The van der Waals surface area contributed by atoms with E-state index in [1.54, 1.807) is 7.05 Å². The third-order valence-corrected chi connectivity index (χ3v) is 4.15. The van der Waals surface area contributed by atoms with Gasteiger partial charge < -0.3 is 15.2 Å². The molecule has 1 aromatic heterocycles. The van der Waals surface area contributed by atoms with Gasteiger partial charge in [-0.25, -0.2) is 0 Å². The largest absolute Gasteiger partial charge is 0.359 e. The predicted molar refractivity (Wildman–Crippen MR) is 106 cm³/mol. The average molecular weight is 440 g/mol. The molecule has 1 heterocycles. The predicted octanol–water partition coefficient (Wildman–Crippen LogP) is 3.61. The zero-order valence-electron chi connectivity index (χ0n) is 14.0. The Kier molecular flexibility index (Phi) is 12.8. The third kappa shape index (κ3) is 7.71. The fourth-order valence-corrected chi connectivity index (χ4v) is 2.56. The van der Waals surface area contributed by atoms with Gasteiger partial charge in [0.1, 0.15) is 0 Å². The van der Waals surface area contributed by atoms with Crippen molar-refractivity contribution in [2.24, 2.45) is 4.99 Å². The van der Waals surface area contributed by atoms with Gasteiger partial charge >= 0.3 is 0 Å². The van der Waals surface area contributed by atoms with Crippen LogP contribution in [0.15, 0.2) is 15.6 Å². The first-order valence-corrected chi connectivity index (χ1v) is 9.03. The summed E-state index contributed by atoms with van der Waals surface area (Å²) in [5.41, 5.74) is 1.06. The van der Waals surface area contributed by atoms with Crippen LogP contribution in [0.4, 0.5) is 0 Å². The molecule has 0 bridgehead atoms. The van der Waals surface area contributed by atoms with E-state index in [1.165, 1.54) is 0 Å². The molecule has 0 aliphatic carbocycles. The SMILES string of the molecule is CCC(CC)c1cc(CNC(=NC)NCCCSC)on1.I. The fourth-order valence-electron chi connectivity index (χ4n) is 2.13. The lowest BCUT2D eigenvalue weighted by atomic mass is 9.99. The fraction of sp³-hybridized carbons (Fsp3) is 0.733. The van der Waals surface area contributed by atoms with Gasteiger partial charge in [0.05, 0.1) is 12.2 Å². The highest BCUT2D eigenvalue weighted by Crippen LogP contribution is 2.22. The highest BCUT2D eigenvalue weighted by atomic mass is 127. The summed E-state index contributed by atoms with van der Waals surface area (Å²) >= 11 is 1.86. The lowest BCUT2D eigenvalue weighted by Gasteiger charge is -2.10. The Hall–Kier alpha value is -0.440. The number of nitrogens with zero attached hydrogens (tertiary/aromatic N) is 2. The maximum Gasteiger partial charge on any atom is 0.191 e. The number of nitrogens with one attached hydrogen (secondary N) is 2. The Morgan fingerprint density at radius 2 is 2.09 bits per heavy atom. The number of halogens is 1. The van der Waals surface area contributed by atoms with Crippen LogP contribution >= 0.6 is 35.7 Å². The quantitative estimate of drug-likeness (QED) is 0.266. The molecular formula is C15H29IN4OS. The molecule has 5 nitrogen and oxygen atoms in total. The molecule has 0 saturated heterocycles. The lowest BCUT2D eigenvalue weighted by molar-refractivity contribution is 0.368. The first-order chi connectivity index (χ1) is 10.2. The number of aromatic nitrogens is 1. The third-order valence-electron chi connectivity index (χ3n) is 3.45. The normalized spacial score (nSPS) is 11.4. The van der Waals surface area contributed by atoms with Crippen molar-refractivity contribution in [3.05, 3.63) is 17.5 Å². The molecule has 0 fully saturated rings. The van der Waals surface area contributed by atoms with Gasteiger partial charge in [0, 0.05) is 25.6 Å². The lowest BCUT2D eigenvalue weighted by Crippen LogP contribution is -2.37. The molecule has 7 heteroatoms. The topological polar surface area (TPSA) is 62.5 Å². The Morgan fingerprint density at radius 1 is 1.36 bits per heavy atom. The number of aliphatic imine (C=N–C) groups is 1. The van der Waals surface area contributed by atoms with Crippen LogP contribution in [0.2, 0.25) is 0 Å². The van der Waals surface area contributed by atoms with Crippen LogP contribution < -0.4 is 10.6 Å². The zero-order valence-corrected chi connectivity index (χ0v) is 17.2. The first-order valence-electron chi connectivity index (χ1n) is 7.64. The molecule has 0 spiro atoms. The molecule has 0 aliphatic rings. The molecule has 0 unspecified atom stereocenters. The molecule has 0 amide bonds. The maximum absolute atomic E-state index is 5.39. The standard InChI is InChI=1S/C15H28N4OS.HI/c1-5-12(6-2)14-10-13(20-19-14)11-18-15(16-3)17-8-7-9-21-4;/h10,12H,5-9,11H2,1-4H3,(H2,16,17,18);1H. The van der Waals surface area contributed by atoms with Crippen molar-refractivity contribution in [1.29, 1.82) is 0 Å². The molecule has 1 aromatic rings. The second-order valence-electron chi connectivity index (χ2n) is 4.93. The van der Waals surface area contributed by atoms with E-state index < -0.39 is 0 Å². The second kappa shape index (κ2) is 13.0. The molecule has 0 aromatic carbocycles. The zero-order chi connectivity index (χ0) is 15.5. The Bertz CT molecular complexity index is 421. The average Bonchev–Trinajstić information content (AvgIpc) is 2.97. The van der Waals surface area contributed by atoms with Crippen LogP contribution in [0.25, 0.3) is 0 Å². The molecule has 0 saturated carbocycles. The van der Waals surface area contributed by atoms with E-state index in [-0.39, 0.29) is 24.0 Å². The molecule has 1 rings (SSSR count). The summed E-state index contributed by atoms with van der Waals surface area (Å²) < 4.78 is 5.39. The molecule has 0 radical (unpaired) electrons. The minimum Gasteiger partial charge on any atom is -0.359 e. The van der Waals surface area contributed by atoms with Crippen LogP contribution in [0.5, 0.6) is 0 Å². The van der Waals surface area contributed by atoms with Gasteiger partial charge in [0.25, 0.3) is 0 Å². The number of rotatable bonds is 9. The molecule has 0 aliphatic heterocycles. The van der Waals surface area contributed by atoms with Crippen molar-refractivity contribution in [3.63, 3.8) is 0 Å². The van der Waals surface area contributed by atoms with Gasteiger partial charge in [-0.1, -0.05) is 19.0 Å². The van der Waals surface area contributed by atoms with Gasteiger partial charge in [-0.3, -0.25) is 4.99 Å². The van der Waals surface area contributed by atoms with E-state index in [2.05, 4.69) is 40.9 Å². The molecule has 22 heavy (non-hydrogen) atoms. The Labute approximate surface area is 155 Å². The smallest absolute Gasteiger partial charge is 0.191 e. The van der Waals surface area contributed by atoms with E-state index in [0.717, 1.165) is 49.0 Å². The summed E-state index contributed by atoms with van der Waals surface area (Å²) in [6.45, 7) is 5.90. The maximum atomic E-state index is 5.39.